The molecule has 124 valence electrons. The summed E-state index contributed by atoms with van der Waals surface area (Å²) < 4.78 is 5.69. The lowest BCUT2D eigenvalue weighted by atomic mass is 9.97. The van der Waals surface area contributed by atoms with Gasteiger partial charge in [0, 0.05) is 29.6 Å². The van der Waals surface area contributed by atoms with E-state index in [0.29, 0.717) is 18.2 Å². The summed E-state index contributed by atoms with van der Waals surface area (Å²) >= 11 is 5.62. The first-order valence-electron chi connectivity index (χ1n) is 8.54. The molecular weight excluding hydrogens is 322 g/mol. The van der Waals surface area contributed by atoms with Crippen LogP contribution < -0.4 is 0 Å². The van der Waals surface area contributed by atoms with Crippen molar-refractivity contribution in [1.29, 1.82) is 0 Å². The van der Waals surface area contributed by atoms with E-state index >= 15 is 0 Å². The summed E-state index contributed by atoms with van der Waals surface area (Å²) in [4.78, 5) is 20.3. The average molecular weight is 341 g/mol. The second-order valence-corrected chi connectivity index (χ2v) is 7.21. The number of rotatable bonds is 2. The third-order valence-corrected chi connectivity index (χ3v) is 5.90. The number of fused-ring (bicyclic) bond motifs is 4. The molecule has 0 saturated carbocycles. The summed E-state index contributed by atoms with van der Waals surface area (Å²) in [6.45, 7) is 2.07. The second-order valence-electron chi connectivity index (χ2n) is 6.84. The normalized spacial score (nSPS) is 26.3. The van der Waals surface area contributed by atoms with Gasteiger partial charge < -0.3 is 14.6 Å². The molecule has 0 aliphatic carbocycles. The number of hydrogen-bond donors (Lipinski definition) is 1. The van der Waals surface area contributed by atoms with Crippen molar-refractivity contribution in [2.24, 2.45) is 0 Å². The van der Waals surface area contributed by atoms with Crippen molar-refractivity contribution in [3.63, 3.8) is 0 Å². The fourth-order valence-corrected chi connectivity index (χ4v) is 4.58. The molecule has 5 rings (SSSR count). The van der Waals surface area contributed by atoms with Gasteiger partial charge in [-0.3, -0.25) is 9.69 Å². The number of benzene rings is 1. The van der Waals surface area contributed by atoms with Crippen LogP contribution in [0.3, 0.4) is 0 Å². The number of nitrogens with zero attached hydrogens (tertiary/aromatic N) is 2. The Morgan fingerprint density at radius 1 is 1.33 bits per heavy atom. The van der Waals surface area contributed by atoms with E-state index in [-0.39, 0.29) is 18.1 Å². The van der Waals surface area contributed by atoms with Crippen LogP contribution in [0.1, 0.15) is 24.1 Å². The largest absolute Gasteiger partial charge is 0.376 e. The van der Waals surface area contributed by atoms with E-state index in [1.54, 1.807) is 4.90 Å². The quantitative estimate of drug-likeness (QED) is 0.851. The van der Waals surface area contributed by atoms with Crippen molar-refractivity contribution in [2.45, 2.75) is 38.0 Å². The Hall–Kier alpha value is -1.92. The molecular formula is C18H19N3O2S. The lowest BCUT2D eigenvalue weighted by molar-refractivity contribution is -0.129. The summed E-state index contributed by atoms with van der Waals surface area (Å²) in [7, 11) is 0. The van der Waals surface area contributed by atoms with Gasteiger partial charge in [0.1, 0.15) is 6.04 Å². The molecule has 2 atom stereocenters. The number of carbonyl (C=O) groups is 1. The highest BCUT2D eigenvalue weighted by Gasteiger charge is 2.46. The van der Waals surface area contributed by atoms with Crippen LogP contribution in [-0.2, 0) is 22.5 Å². The number of nitrogens with one attached hydrogen (secondary N) is 1. The molecule has 6 heteroatoms. The van der Waals surface area contributed by atoms with Gasteiger partial charge in [-0.25, -0.2) is 0 Å². The standard InChI is InChI=1S/C18H19N3O2S/c22-17-16-8-13-12-5-1-2-6-14(12)19-15(13)10-20(16)18(24)21(17)9-11-4-3-7-23-11/h1-2,5-6,11,16,19H,3-4,7-10H2/t11-,16-/m1/s1. The molecule has 0 spiro atoms. The SMILES string of the molecule is O=C1[C@H]2Cc3c([nH]c4ccccc34)CN2C(=S)N1C[C@H]1CCCO1. The summed E-state index contributed by atoms with van der Waals surface area (Å²) in [6.07, 6.45) is 2.94. The minimum absolute atomic E-state index is 0.131. The van der Waals surface area contributed by atoms with Crippen LogP contribution in [0.25, 0.3) is 10.9 Å². The van der Waals surface area contributed by atoms with E-state index in [1.165, 1.54) is 16.6 Å². The minimum Gasteiger partial charge on any atom is -0.376 e. The van der Waals surface area contributed by atoms with E-state index < -0.39 is 0 Å². The maximum absolute atomic E-state index is 12.9. The van der Waals surface area contributed by atoms with E-state index in [0.717, 1.165) is 31.4 Å². The molecule has 24 heavy (non-hydrogen) atoms. The molecule has 1 aromatic carbocycles. The molecule has 2 fully saturated rings. The molecule has 1 N–H and O–H groups in total. The van der Waals surface area contributed by atoms with Gasteiger partial charge in [-0.2, -0.15) is 0 Å². The van der Waals surface area contributed by atoms with Crippen molar-refractivity contribution in [3.05, 3.63) is 35.5 Å². The smallest absolute Gasteiger partial charge is 0.251 e. The van der Waals surface area contributed by atoms with Gasteiger partial charge in [0.15, 0.2) is 5.11 Å². The van der Waals surface area contributed by atoms with Gasteiger partial charge in [0.2, 0.25) is 0 Å². The van der Waals surface area contributed by atoms with E-state index in [2.05, 4.69) is 22.0 Å². The lowest BCUT2D eigenvalue weighted by Gasteiger charge is -2.28. The first kappa shape index (κ1) is 14.4. The monoisotopic (exact) mass is 341 g/mol. The molecule has 3 aliphatic heterocycles. The lowest BCUT2D eigenvalue weighted by Crippen LogP contribution is -2.39. The number of hydrogen-bond acceptors (Lipinski definition) is 3. The highest BCUT2D eigenvalue weighted by Crippen LogP contribution is 2.34. The second kappa shape index (κ2) is 5.29. The van der Waals surface area contributed by atoms with Crippen molar-refractivity contribution in [1.82, 2.24) is 14.8 Å². The predicted molar refractivity (Wildman–Crippen MR) is 94.6 cm³/mol. The zero-order chi connectivity index (χ0) is 16.3. The highest BCUT2D eigenvalue weighted by atomic mass is 32.1. The highest BCUT2D eigenvalue weighted by molar-refractivity contribution is 7.80. The number of aromatic amines is 1. The van der Waals surface area contributed by atoms with Crippen molar-refractivity contribution in [2.75, 3.05) is 13.2 Å². The summed E-state index contributed by atoms with van der Waals surface area (Å²) in [5, 5.41) is 1.88. The van der Waals surface area contributed by atoms with E-state index in [9.17, 15) is 4.79 Å². The van der Waals surface area contributed by atoms with Crippen LogP contribution in [0.5, 0.6) is 0 Å². The molecule has 2 saturated heterocycles. The zero-order valence-corrected chi connectivity index (χ0v) is 14.1. The summed E-state index contributed by atoms with van der Waals surface area (Å²) in [5.74, 6) is 0.131. The molecule has 5 nitrogen and oxygen atoms in total. The maximum Gasteiger partial charge on any atom is 0.251 e. The molecule has 4 heterocycles. The average Bonchev–Trinajstić information content (AvgIpc) is 3.28. The first-order chi connectivity index (χ1) is 11.7. The molecule has 3 aliphatic rings. The Bertz CT molecular complexity index is 840. The van der Waals surface area contributed by atoms with Gasteiger partial charge in [0.25, 0.3) is 5.91 Å². The third kappa shape index (κ3) is 2.03. The van der Waals surface area contributed by atoms with Crippen molar-refractivity contribution in [3.8, 4) is 0 Å². The maximum atomic E-state index is 12.9. The van der Waals surface area contributed by atoms with Crippen LogP contribution in [-0.4, -0.2) is 51.1 Å². The van der Waals surface area contributed by atoms with Gasteiger partial charge in [-0.15, -0.1) is 0 Å². The number of aromatic nitrogens is 1. The predicted octanol–water partition coefficient (Wildman–Crippen LogP) is 2.20. The fraction of sp³-hybridized carbons (Fsp3) is 0.444. The Morgan fingerprint density at radius 3 is 3.04 bits per heavy atom. The number of H-pyrrole nitrogens is 1. The molecule has 0 unspecified atom stereocenters. The topological polar surface area (TPSA) is 48.6 Å². The number of carbonyl (C=O) groups excluding carboxylic acids is 1. The van der Waals surface area contributed by atoms with Gasteiger partial charge in [-0.05, 0) is 36.7 Å². The minimum atomic E-state index is -0.161. The van der Waals surface area contributed by atoms with Gasteiger partial charge in [-0.1, -0.05) is 18.2 Å². The van der Waals surface area contributed by atoms with Crippen LogP contribution in [0.2, 0.25) is 0 Å². The van der Waals surface area contributed by atoms with Crippen LogP contribution in [0.4, 0.5) is 0 Å². The number of amides is 1. The number of thiocarbonyl (C=S) groups is 1. The summed E-state index contributed by atoms with van der Waals surface area (Å²) in [6, 6.07) is 8.13. The molecule has 2 aromatic rings. The summed E-state index contributed by atoms with van der Waals surface area (Å²) in [5.41, 5.74) is 3.58. The Balaban J connectivity index is 1.46. The molecule has 1 aromatic heterocycles. The fourth-order valence-electron chi connectivity index (χ4n) is 4.22. The number of para-hydroxylation sites is 1. The molecule has 1 amide bonds. The molecule has 0 bridgehead atoms. The van der Waals surface area contributed by atoms with E-state index in [4.69, 9.17) is 17.0 Å². The van der Waals surface area contributed by atoms with Gasteiger partial charge >= 0.3 is 0 Å². The Morgan fingerprint density at radius 2 is 2.21 bits per heavy atom. The van der Waals surface area contributed by atoms with E-state index in [1.807, 2.05) is 12.1 Å². The van der Waals surface area contributed by atoms with Crippen molar-refractivity contribution >= 4 is 34.1 Å². The van der Waals surface area contributed by atoms with Gasteiger partial charge in [0.05, 0.1) is 19.2 Å². The Labute approximate surface area is 145 Å². The number of ether oxygens (including phenoxy) is 1. The third-order valence-electron chi connectivity index (χ3n) is 5.44. The van der Waals surface area contributed by atoms with Crippen LogP contribution in [0.15, 0.2) is 24.3 Å². The first-order valence-corrected chi connectivity index (χ1v) is 8.95. The zero-order valence-electron chi connectivity index (χ0n) is 13.3. The van der Waals surface area contributed by atoms with Crippen molar-refractivity contribution < 1.29 is 9.53 Å². The molecule has 0 radical (unpaired) electrons. The Kier molecular flexibility index (Phi) is 3.18. The van der Waals surface area contributed by atoms with Crippen LogP contribution in [0, 0.1) is 0 Å². The van der Waals surface area contributed by atoms with Crippen LogP contribution >= 0.6 is 12.2 Å².